The minimum absolute atomic E-state index is 0.232. The molecule has 0 bridgehead atoms. The maximum Gasteiger partial charge on any atom is 0.147 e. The van der Waals surface area contributed by atoms with Crippen LogP contribution in [0.3, 0.4) is 0 Å². The third-order valence-corrected chi connectivity index (χ3v) is 3.58. The first kappa shape index (κ1) is 12.3. The van der Waals surface area contributed by atoms with Gasteiger partial charge >= 0.3 is 0 Å². The third kappa shape index (κ3) is 2.57. The predicted molar refractivity (Wildman–Crippen MR) is 72.9 cm³/mol. The van der Waals surface area contributed by atoms with E-state index >= 15 is 0 Å². The molecule has 1 aromatic carbocycles. The van der Waals surface area contributed by atoms with Gasteiger partial charge in [0.05, 0.1) is 5.69 Å². The van der Waals surface area contributed by atoms with Crippen molar-refractivity contribution in [1.29, 1.82) is 0 Å². The molecule has 1 aliphatic rings. The molecule has 1 atom stereocenters. The van der Waals surface area contributed by atoms with Gasteiger partial charge in [-0.25, -0.2) is 4.39 Å². The number of nitrogens with zero attached hydrogens (tertiary/aromatic N) is 1. The first-order valence-electron chi connectivity index (χ1n) is 5.95. The van der Waals surface area contributed by atoms with E-state index in [2.05, 4.69) is 11.8 Å². The van der Waals surface area contributed by atoms with Gasteiger partial charge in [0, 0.05) is 18.2 Å². The van der Waals surface area contributed by atoms with Crippen LogP contribution in [0, 0.1) is 5.82 Å². The molecular weight excluding hydrogens is 235 g/mol. The highest BCUT2D eigenvalue weighted by atomic mass is 32.1. The molecule has 1 aromatic rings. The smallest absolute Gasteiger partial charge is 0.147 e. The molecule has 1 heterocycles. The number of halogens is 1. The van der Waals surface area contributed by atoms with Crippen LogP contribution in [-0.4, -0.2) is 17.6 Å². The van der Waals surface area contributed by atoms with E-state index in [-0.39, 0.29) is 10.8 Å². The summed E-state index contributed by atoms with van der Waals surface area (Å²) < 4.78 is 14.0. The van der Waals surface area contributed by atoms with Crippen LogP contribution in [0.15, 0.2) is 18.2 Å². The second-order valence-corrected chi connectivity index (χ2v) is 5.01. The largest absolute Gasteiger partial charge is 0.389 e. The van der Waals surface area contributed by atoms with Crippen LogP contribution in [0.5, 0.6) is 0 Å². The van der Waals surface area contributed by atoms with Gasteiger partial charge in [0.1, 0.15) is 10.8 Å². The van der Waals surface area contributed by atoms with E-state index in [9.17, 15) is 4.39 Å². The molecule has 1 fully saturated rings. The maximum absolute atomic E-state index is 14.0. The summed E-state index contributed by atoms with van der Waals surface area (Å²) in [5, 5.41) is 0. The van der Waals surface area contributed by atoms with E-state index in [1.807, 2.05) is 0 Å². The highest BCUT2D eigenvalue weighted by Crippen LogP contribution is 2.27. The molecule has 2 nitrogen and oxygen atoms in total. The standard InChI is InChI=1S/C13H17FN2S/c1-9-4-2-3-7-16(9)12-6-5-10(13(15)17)8-11(12)14/h5-6,8-9H,2-4,7H2,1H3,(H2,15,17). The SMILES string of the molecule is CC1CCCCN1c1ccc(C(N)=S)cc1F. The molecule has 0 spiro atoms. The third-order valence-electron chi connectivity index (χ3n) is 3.34. The Kier molecular flexibility index (Phi) is 3.62. The fourth-order valence-electron chi connectivity index (χ4n) is 2.35. The molecule has 0 aliphatic carbocycles. The van der Waals surface area contributed by atoms with Crippen molar-refractivity contribution < 1.29 is 4.39 Å². The number of nitrogens with two attached hydrogens (primary N) is 1. The summed E-state index contributed by atoms with van der Waals surface area (Å²) in [6, 6.07) is 5.40. The fourth-order valence-corrected chi connectivity index (χ4v) is 2.48. The zero-order chi connectivity index (χ0) is 12.4. The van der Waals surface area contributed by atoms with E-state index in [0.29, 0.717) is 17.3 Å². The molecule has 17 heavy (non-hydrogen) atoms. The lowest BCUT2D eigenvalue weighted by Gasteiger charge is -2.35. The van der Waals surface area contributed by atoms with Crippen molar-refractivity contribution in [3.05, 3.63) is 29.6 Å². The monoisotopic (exact) mass is 252 g/mol. The second kappa shape index (κ2) is 5.00. The van der Waals surface area contributed by atoms with Crippen molar-refractivity contribution in [3.8, 4) is 0 Å². The molecule has 92 valence electrons. The number of benzene rings is 1. The molecular formula is C13H17FN2S. The molecule has 4 heteroatoms. The van der Waals surface area contributed by atoms with E-state index < -0.39 is 0 Å². The van der Waals surface area contributed by atoms with Gasteiger partial charge < -0.3 is 10.6 Å². The van der Waals surface area contributed by atoms with Gasteiger partial charge in [0.2, 0.25) is 0 Å². The average molecular weight is 252 g/mol. The summed E-state index contributed by atoms with van der Waals surface area (Å²) in [5.74, 6) is -0.232. The first-order chi connectivity index (χ1) is 8.09. The average Bonchev–Trinajstić information content (AvgIpc) is 2.30. The molecule has 0 amide bonds. The fraction of sp³-hybridized carbons (Fsp3) is 0.462. The van der Waals surface area contributed by atoms with Gasteiger partial charge in [-0.05, 0) is 44.4 Å². The van der Waals surface area contributed by atoms with Gasteiger partial charge in [0.15, 0.2) is 0 Å². The molecule has 2 N–H and O–H groups in total. The summed E-state index contributed by atoms with van der Waals surface area (Å²) in [7, 11) is 0. The zero-order valence-electron chi connectivity index (χ0n) is 9.95. The summed E-state index contributed by atoms with van der Waals surface area (Å²) >= 11 is 4.84. The lowest BCUT2D eigenvalue weighted by atomic mass is 10.0. The molecule has 0 saturated carbocycles. The summed E-state index contributed by atoms with van der Waals surface area (Å²) in [4.78, 5) is 2.37. The predicted octanol–water partition coefficient (Wildman–Crippen LogP) is 2.84. The number of hydrogen-bond donors (Lipinski definition) is 1. The minimum atomic E-state index is -0.232. The van der Waals surface area contributed by atoms with Gasteiger partial charge in [-0.15, -0.1) is 0 Å². The van der Waals surface area contributed by atoms with Crippen molar-refractivity contribution in [2.24, 2.45) is 5.73 Å². The molecule has 0 aromatic heterocycles. The number of rotatable bonds is 2. The molecule has 1 saturated heterocycles. The summed E-state index contributed by atoms with van der Waals surface area (Å²) in [5.41, 5.74) is 6.74. The van der Waals surface area contributed by atoms with Crippen LogP contribution in [0.4, 0.5) is 10.1 Å². The van der Waals surface area contributed by atoms with Gasteiger partial charge in [0.25, 0.3) is 0 Å². The lowest BCUT2D eigenvalue weighted by Crippen LogP contribution is -2.38. The van der Waals surface area contributed by atoms with Crippen LogP contribution in [0.1, 0.15) is 31.7 Å². The van der Waals surface area contributed by atoms with Crippen LogP contribution in [-0.2, 0) is 0 Å². The second-order valence-electron chi connectivity index (χ2n) is 4.57. The Bertz CT molecular complexity index is 433. The Morgan fingerprint density at radius 3 is 2.82 bits per heavy atom. The van der Waals surface area contributed by atoms with Gasteiger partial charge in [-0.1, -0.05) is 12.2 Å². The zero-order valence-corrected chi connectivity index (χ0v) is 10.8. The van der Waals surface area contributed by atoms with Crippen molar-refractivity contribution in [2.75, 3.05) is 11.4 Å². The van der Waals surface area contributed by atoms with E-state index in [0.717, 1.165) is 19.4 Å². The highest BCUT2D eigenvalue weighted by molar-refractivity contribution is 7.80. The number of hydrogen-bond acceptors (Lipinski definition) is 2. The molecule has 1 unspecified atom stereocenters. The van der Waals surface area contributed by atoms with Crippen LogP contribution >= 0.6 is 12.2 Å². The Hall–Kier alpha value is -1.16. The minimum Gasteiger partial charge on any atom is -0.389 e. The van der Waals surface area contributed by atoms with Crippen LogP contribution in [0.2, 0.25) is 0 Å². The number of anilines is 1. The van der Waals surface area contributed by atoms with Crippen molar-refractivity contribution >= 4 is 22.9 Å². The molecule has 0 radical (unpaired) electrons. The van der Waals surface area contributed by atoms with Crippen LogP contribution < -0.4 is 10.6 Å². The molecule has 1 aliphatic heterocycles. The Morgan fingerprint density at radius 2 is 2.24 bits per heavy atom. The van der Waals surface area contributed by atoms with E-state index in [1.165, 1.54) is 12.5 Å². The highest BCUT2D eigenvalue weighted by Gasteiger charge is 2.21. The van der Waals surface area contributed by atoms with E-state index in [1.54, 1.807) is 12.1 Å². The van der Waals surface area contributed by atoms with Crippen LogP contribution in [0.25, 0.3) is 0 Å². The van der Waals surface area contributed by atoms with E-state index in [4.69, 9.17) is 18.0 Å². The topological polar surface area (TPSA) is 29.3 Å². The quantitative estimate of drug-likeness (QED) is 0.821. The van der Waals surface area contributed by atoms with Gasteiger partial charge in [-0.3, -0.25) is 0 Å². The van der Waals surface area contributed by atoms with Gasteiger partial charge in [-0.2, -0.15) is 0 Å². The van der Waals surface area contributed by atoms with Crippen molar-refractivity contribution in [2.45, 2.75) is 32.2 Å². The first-order valence-corrected chi connectivity index (χ1v) is 6.36. The number of piperidine rings is 1. The van der Waals surface area contributed by atoms with Crippen molar-refractivity contribution in [1.82, 2.24) is 0 Å². The Morgan fingerprint density at radius 1 is 1.47 bits per heavy atom. The number of thiocarbonyl (C=S) groups is 1. The van der Waals surface area contributed by atoms with Crippen molar-refractivity contribution in [3.63, 3.8) is 0 Å². The summed E-state index contributed by atoms with van der Waals surface area (Å²) in [6.07, 6.45) is 3.47. The lowest BCUT2D eigenvalue weighted by molar-refractivity contribution is 0.476. The summed E-state index contributed by atoms with van der Waals surface area (Å²) in [6.45, 7) is 3.06. The Labute approximate surface area is 107 Å². The Balaban J connectivity index is 2.29. The normalized spacial score (nSPS) is 20.4. The maximum atomic E-state index is 14.0. The molecule has 2 rings (SSSR count).